The average molecular weight is 543 g/mol. The largest absolute Gasteiger partial charge is 0.481 e. The fourth-order valence-electron chi connectivity index (χ4n) is 3.48. The Hall–Kier alpha value is -1.63. The number of aliphatic hydroxyl groups is 4. The molecule has 2 aromatic rings. The summed E-state index contributed by atoms with van der Waals surface area (Å²) in [6.45, 7) is -1.82. The number of nitrogens with zero attached hydrogens (tertiary/aromatic N) is 4. The van der Waals surface area contributed by atoms with E-state index in [1.54, 1.807) is 0 Å². The summed E-state index contributed by atoms with van der Waals surface area (Å²) in [5.41, 5.74) is 6.12. The van der Waals surface area contributed by atoms with E-state index in [2.05, 4.69) is 28.3 Å². The van der Waals surface area contributed by atoms with Gasteiger partial charge in [0.1, 0.15) is 48.5 Å². The third kappa shape index (κ3) is 5.70. The predicted octanol–water partition coefficient (Wildman–Crippen LogP) is -2.60. The number of phosphoric ester groups is 2. The van der Waals surface area contributed by atoms with Crippen LogP contribution in [0.1, 0.15) is 6.23 Å². The molecule has 2 saturated heterocycles. The molecular weight excluding hydrogens is 520 g/mol. The third-order valence-electron chi connectivity index (χ3n) is 5.26. The summed E-state index contributed by atoms with van der Waals surface area (Å²) in [4.78, 5) is 31.3. The molecule has 20 heteroatoms. The molecule has 0 bridgehead atoms. The molecule has 0 aliphatic carbocycles. The van der Waals surface area contributed by atoms with Crippen LogP contribution in [-0.2, 0) is 32.0 Å². The number of nitrogen functional groups attached to an aromatic ring is 1. The van der Waals surface area contributed by atoms with E-state index in [0.717, 1.165) is 6.33 Å². The average Bonchev–Trinajstić information content (AvgIpc) is 3.43. The van der Waals surface area contributed by atoms with Crippen LogP contribution in [0.5, 0.6) is 0 Å². The van der Waals surface area contributed by atoms with Crippen molar-refractivity contribution in [3.63, 3.8) is 0 Å². The van der Waals surface area contributed by atoms with E-state index in [9.17, 15) is 39.3 Å². The van der Waals surface area contributed by atoms with Crippen LogP contribution in [0, 0.1) is 0 Å². The maximum Gasteiger partial charge on any atom is 0.481 e. The molecule has 9 atom stereocenters. The molecular formula is C15H23N5O13P2. The lowest BCUT2D eigenvalue weighted by atomic mass is 10.1. The lowest BCUT2D eigenvalue weighted by Crippen LogP contribution is -2.33. The Labute approximate surface area is 196 Å². The quantitative estimate of drug-likeness (QED) is 0.160. The maximum absolute atomic E-state index is 12.1. The van der Waals surface area contributed by atoms with Gasteiger partial charge in [-0.25, -0.2) is 24.1 Å². The number of fused-ring (bicyclic) bond motifs is 1. The first-order chi connectivity index (χ1) is 16.4. The van der Waals surface area contributed by atoms with Gasteiger partial charge in [0.25, 0.3) is 0 Å². The van der Waals surface area contributed by atoms with Gasteiger partial charge in [0.2, 0.25) is 0 Å². The van der Waals surface area contributed by atoms with Gasteiger partial charge in [-0.1, -0.05) is 0 Å². The molecule has 2 unspecified atom stereocenters. The molecule has 0 spiro atoms. The van der Waals surface area contributed by atoms with Gasteiger partial charge < -0.3 is 45.4 Å². The van der Waals surface area contributed by atoms with Crippen molar-refractivity contribution >= 4 is 32.6 Å². The van der Waals surface area contributed by atoms with Crippen LogP contribution >= 0.6 is 15.6 Å². The van der Waals surface area contributed by atoms with E-state index in [1.165, 1.54) is 10.9 Å². The van der Waals surface area contributed by atoms with Gasteiger partial charge >= 0.3 is 15.6 Å². The molecule has 18 nitrogen and oxygen atoms in total. The Balaban J connectivity index is 1.34. The van der Waals surface area contributed by atoms with Gasteiger partial charge in [0.05, 0.1) is 26.1 Å². The van der Waals surface area contributed by atoms with Crippen LogP contribution < -0.4 is 5.73 Å². The summed E-state index contributed by atoms with van der Waals surface area (Å²) < 4.78 is 49.2. The zero-order valence-electron chi connectivity index (χ0n) is 17.6. The van der Waals surface area contributed by atoms with E-state index in [4.69, 9.17) is 15.2 Å². The van der Waals surface area contributed by atoms with Gasteiger partial charge in [-0.05, 0) is 0 Å². The van der Waals surface area contributed by atoms with Crippen LogP contribution in [0.4, 0.5) is 5.82 Å². The van der Waals surface area contributed by atoms with Crippen molar-refractivity contribution in [3.8, 4) is 0 Å². The van der Waals surface area contributed by atoms with Crippen LogP contribution in [0.2, 0.25) is 0 Å². The first-order valence-electron chi connectivity index (χ1n) is 9.97. The molecule has 0 amide bonds. The summed E-state index contributed by atoms with van der Waals surface area (Å²) in [7, 11) is -10.4. The number of hydrogen-bond donors (Lipinski definition) is 7. The minimum absolute atomic E-state index is 0.0702. The minimum Gasteiger partial charge on any atom is -0.388 e. The van der Waals surface area contributed by atoms with Crippen molar-refractivity contribution in [1.82, 2.24) is 19.5 Å². The summed E-state index contributed by atoms with van der Waals surface area (Å²) in [6, 6.07) is 0. The van der Waals surface area contributed by atoms with Gasteiger partial charge in [0, 0.05) is 0 Å². The fourth-order valence-corrected chi connectivity index (χ4v) is 5.57. The molecule has 2 aliphatic heterocycles. The van der Waals surface area contributed by atoms with E-state index in [1.807, 2.05) is 0 Å². The van der Waals surface area contributed by atoms with Crippen LogP contribution in [-0.4, -0.2) is 106 Å². The Morgan fingerprint density at radius 2 is 1.66 bits per heavy atom. The Kier molecular flexibility index (Phi) is 7.57. The summed E-state index contributed by atoms with van der Waals surface area (Å²) in [6.07, 6.45) is -7.17. The highest BCUT2D eigenvalue weighted by atomic mass is 31.3. The third-order valence-corrected chi connectivity index (χ3v) is 7.87. The second-order valence-corrected chi connectivity index (χ2v) is 10.7. The van der Waals surface area contributed by atoms with Crippen molar-refractivity contribution in [3.05, 3.63) is 12.7 Å². The molecule has 2 aliphatic rings. The van der Waals surface area contributed by atoms with Crippen molar-refractivity contribution in [2.45, 2.75) is 42.9 Å². The first-order valence-corrected chi connectivity index (χ1v) is 13.0. The van der Waals surface area contributed by atoms with E-state index in [0.29, 0.717) is 0 Å². The second-order valence-electron chi connectivity index (χ2n) is 7.67. The van der Waals surface area contributed by atoms with Crippen molar-refractivity contribution in [2.75, 3.05) is 25.6 Å². The zero-order valence-corrected chi connectivity index (χ0v) is 19.4. The number of rotatable bonds is 9. The smallest absolute Gasteiger partial charge is 0.388 e. The number of anilines is 1. The molecule has 4 heterocycles. The molecule has 35 heavy (non-hydrogen) atoms. The number of aliphatic hydroxyl groups excluding tert-OH is 4. The van der Waals surface area contributed by atoms with Gasteiger partial charge in [-0.15, -0.1) is 0 Å². The maximum atomic E-state index is 12.1. The van der Waals surface area contributed by atoms with Crippen molar-refractivity contribution in [2.24, 2.45) is 0 Å². The Morgan fingerprint density at radius 1 is 1.00 bits per heavy atom. The summed E-state index contributed by atoms with van der Waals surface area (Å²) >= 11 is 0. The van der Waals surface area contributed by atoms with Gasteiger partial charge in [0.15, 0.2) is 17.7 Å². The highest BCUT2D eigenvalue weighted by Crippen LogP contribution is 2.60. The minimum atomic E-state index is -5.25. The topological polar surface area (TPSA) is 271 Å². The standard InChI is InChI=1S/C15H23N5O13P2/c16-13-9-14(18-4-17-13)20(5-19-9)15-12(24)11(23)8(32-15)3-31-35(27,28)33-34(25,26)30-2-7-10(22)6(21)1-29-7/h4-8,10-12,15,21-24H,1-3H2,(H,25,26)(H,27,28)(H2,16,17,18)/t6-,7+,8+,10-,11+,12+,15+/m0/s1. The lowest BCUT2D eigenvalue weighted by molar-refractivity contribution is -0.0506. The number of ether oxygens (including phenoxy) is 2. The fraction of sp³-hybridized carbons (Fsp3) is 0.667. The number of nitrogens with two attached hydrogens (primary N) is 1. The predicted molar refractivity (Wildman–Crippen MR) is 110 cm³/mol. The molecule has 196 valence electrons. The molecule has 0 aromatic carbocycles. The molecule has 8 N–H and O–H groups in total. The summed E-state index contributed by atoms with van der Waals surface area (Å²) in [5, 5.41) is 39.7. The SMILES string of the molecule is Nc1ncnc2c1ncn2[C@@H]1O[C@H](COP(=O)(O)OP(=O)(O)OC[C@H]2OC[C@H](O)[C@@H]2O)[C@@H](O)[C@H]1O. The van der Waals surface area contributed by atoms with Gasteiger partial charge in [-0.2, -0.15) is 4.31 Å². The highest BCUT2D eigenvalue weighted by molar-refractivity contribution is 7.61. The normalized spacial score (nSPS) is 34.7. The van der Waals surface area contributed by atoms with Crippen LogP contribution in [0.25, 0.3) is 11.2 Å². The van der Waals surface area contributed by atoms with Crippen molar-refractivity contribution in [1.29, 1.82) is 0 Å². The molecule has 4 rings (SSSR count). The van der Waals surface area contributed by atoms with E-state index >= 15 is 0 Å². The number of phosphoric acid groups is 2. The molecule has 2 fully saturated rings. The Bertz CT molecular complexity index is 1150. The van der Waals surface area contributed by atoms with Gasteiger partial charge in [-0.3, -0.25) is 13.6 Å². The first kappa shape index (κ1) is 26.4. The van der Waals surface area contributed by atoms with Crippen LogP contribution in [0.15, 0.2) is 12.7 Å². The highest BCUT2D eigenvalue weighted by Gasteiger charge is 2.46. The van der Waals surface area contributed by atoms with Crippen molar-refractivity contribution < 1.29 is 62.2 Å². The zero-order chi connectivity index (χ0) is 25.5. The molecule has 0 radical (unpaired) electrons. The lowest BCUT2D eigenvalue weighted by Gasteiger charge is -2.20. The number of aromatic nitrogens is 4. The monoisotopic (exact) mass is 543 g/mol. The molecule has 2 aromatic heterocycles. The summed E-state index contributed by atoms with van der Waals surface area (Å²) in [5.74, 6) is 0.0702. The number of imidazole rings is 1. The van der Waals surface area contributed by atoms with E-state index in [-0.39, 0.29) is 23.6 Å². The van der Waals surface area contributed by atoms with E-state index < -0.39 is 71.7 Å². The molecule has 0 saturated carbocycles. The second kappa shape index (κ2) is 10.0. The number of hydrogen-bond acceptors (Lipinski definition) is 15. The van der Waals surface area contributed by atoms with Crippen LogP contribution in [0.3, 0.4) is 0 Å². The Morgan fingerprint density at radius 3 is 2.29 bits per heavy atom.